The van der Waals surface area contributed by atoms with Crippen LogP contribution in [0.25, 0.3) is 0 Å². The standard InChI is InChI=1S/C8H12.4C4H9.2Pt/c1-7-5-3-4-6-8(7)2;4*1-3-4-2;;/h3-4,7-8H,1-2,5-6H2;4*1,3-4H2,2H3;;/q-2;4*-1;;/t7-,8+;;;;;;. The van der Waals surface area contributed by atoms with Gasteiger partial charge in [0.25, 0.3) is 0 Å². The predicted molar refractivity (Wildman–Crippen MR) is 117 cm³/mol. The summed E-state index contributed by atoms with van der Waals surface area (Å²) in [7, 11) is 0. The molecule has 0 saturated heterocycles. The Morgan fingerprint density at radius 2 is 0.731 bits per heavy atom. The first kappa shape index (κ1) is 41.5. The van der Waals surface area contributed by atoms with Gasteiger partial charge in [-0.15, -0.1) is 0 Å². The van der Waals surface area contributed by atoms with E-state index in [0.717, 1.165) is 38.5 Å². The largest absolute Gasteiger partial charge is 0.343 e. The number of allylic oxidation sites excluding steroid dienone is 2. The molecule has 0 spiro atoms. The normalized spacial score (nSPS) is 16.2. The van der Waals surface area contributed by atoms with Crippen LogP contribution in [-0.4, -0.2) is 0 Å². The van der Waals surface area contributed by atoms with Gasteiger partial charge in [-0.2, -0.15) is 37.5 Å². The Morgan fingerprint density at radius 3 is 0.808 bits per heavy atom. The van der Waals surface area contributed by atoms with E-state index in [1.165, 1.54) is 25.7 Å². The van der Waals surface area contributed by atoms with E-state index in [9.17, 15) is 0 Å². The van der Waals surface area contributed by atoms with Crippen LogP contribution in [-0.2, 0) is 42.1 Å². The first-order valence-electron chi connectivity index (χ1n) is 9.94. The minimum absolute atomic E-state index is 0. The summed E-state index contributed by atoms with van der Waals surface area (Å²) in [5.41, 5.74) is 0. The van der Waals surface area contributed by atoms with Gasteiger partial charge in [0.15, 0.2) is 0 Å². The third kappa shape index (κ3) is 56.2. The van der Waals surface area contributed by atoms with Gasteiger partial charge in [0.1, 0.15) is 0 Å². The second kappa shape index (κ2) is 45.1. The molecule has 2 heteroatoms. The smallest absolute Gasteiger partial charge is 0 e. The van der Waals surface area contributed by atoms with Crippen molar-refractivity contribution in [2.75, 3.05) is 0 Å². The molecule has 1 aliphatic rings. The van der Waals surface area contributed by atoms with Crippen LogP contribution >= 0.6 is 0 Å². The molecule has 0 aromatic rings. The van der Waals surface area contributed by atoms with Crippen molar-refractivity contribution in [2.24, 2.45) is 11.8 Å². The van der Waals surface area contributed by atoms with E-state index in [0.29, 0.717) is 11.8 Å². The van der Waals surface area contributed by atoms with E-state index < -0.39 is 0 Å². The molecule has 0 aliphatic heterocycles. The van der Waals surface area contributed by atoms with Crippen LogP contribution in [0.2, 0.25) is 0 Å². The summed E-state index contributed by atoms with van der Waals surface area (Å²) in [6.45, 7) is 30.8. The zero-order valence-corrected chi connectivity index (χ0v) is 22.8. The van der Waals surface area contributed by atoms with Crippen LogP contribution in [0.15, 0.2) is 12.2 Å². The minimum Gasteiger partial charge on any atom is -0.343 e. The van der Waals surface area contributed by atoms with Gasteiger partial charge in [-0.3, -0.25) is 0 Å². The van der Waals surface area contributed by atoms with Crippen LogP contribution in [0, 0.1) is 53.4 Å². The monoisotopic (exact) mass is 726 g/mol. The molecule has 1 rings (SSSR count). The van der Waals surface area contributed by atoms with Crippen molar-refractivity contribution < 1.29 is 42.1 Å². The molecule has 0 heterocycles. The molecule has 0 aromatic carbocycles. The molecule has 0 saturated carbocycles. The number of hydrogen-bond donors (Lipinski definition) is 0. The van der Waals surface area contributed by atoms with Gasteiger partial charge in [-0.1, -0.05) is 78.4 Å². The summed E-state index contributed by atoms with van der Waals surface area (Å²) in [4.78, 5) is 0. The first-order chi connectivity index (χ1) is 11.5. The van der Waals surface area contributed by atoms with E-state index in [4.69, 9.17) is 0 Å². The molecule has 0 nitrogen and oxygen atoms in total. The topological polar surface area (TPSA) is 0 Å². The fourth-order valence-electron chi connectivity index (χ4n) is 0.927. The van der Waals surface area contributed by atoms with Gasteiger partial charge in [-0.25, -0.2) is 0 Å². The van der Waals surface area contributed by atoms with Crippen molar-refractivity contribution in [3.05, 3.63) is 53.7 Å². The Bertz CT molecular complexity index is 155. The van der Waals surface area contributed by atoms with Crippen LogP contribution < -0.4 is 0 Å². The summed E-state index contributed by atoms with van der Waals surface area (Å²) in [6, 6.07) is 0. The summed E-state index contributed by atoms with van der Waals surface area (Å²) >= 11 is 0. The molecule has 0 aromatic heterocycles. The second-order valence-corrected chi connectivity index (χ2v) is 5.88. The van der Waals surface area contributed by atoms with Gasteiger partial charge in [0.05, 0.1) is 0 Å². The summed E-state index contributed by atoms with van der Waals surface area (Å²) in [6.07, 6.45) is 15.7. The molecular formula is C24H48Pt2-6. The molecule has 1 aliphatic carbocycles. The molecule has 170 valence electrons. The average Bonchev–Trinajstić information content (AvgIpc) is 2.65. The summed E-state index contributed by atoms with van der Waals surface area (Å²) < 4.78 is 0. The number of hydrogen-bond acceptors (Lipinski definition) is 0. The van der Waals surface area contributed by atoms with Crippen molar-refractivity contribution in [2.45, 2.75) is 91.9 Å². The molecule has 0 amide bonds. The van der Waals surface area contributed by atoms with Crippen LogP contribution in [0.1, 0.15) is 91.9 Å². The van der Waals surface area contributed by atoms with E-state index in [1.807, 2.05) is 0 Å². The van der Waals surface area contributed by atoms with Gasteiger partial charge >= 0.3 is 0 Å². The Morgan fingerprint density at radius 1 is 0.577 bits per heavy atom. The number of rotatable bonds is 4. The minimum atomic E-state index is 0. The molecule has 26 heavy (non-hydrogen) atoms. The van der Waals surface area contributed by atoms with Crippen molar-refractivity contribution in [1.82, 2.24) is 0 Å². The molecule has 0 N–H and O–H groups in total. The predicted octanol–water partition coefficient (Wildman–Crippen LogP) is 8.71. The molecule has 2 atom stereocenters. The van der Waals surface area contributed by atoms with Crippen molar-refractivity contribution >= 4 is 0 Å². The van der Waals surface area contributed by atoms with Gasteiger partial charge in [0.2, 0.25) is 0 Å². The van der Waals surface area contributed by atoms with Crippen LogP contribution in [0.4, 0.5) is 0 Å². The second-order valence-electron chi connectivity index (χ2n) is 5.88. The maximum atomic E-state index is 3.96. The zero-order chi connectivity index (χ0) is 19.6. The third-order valence-corrected chi connectivity index (χ3v) is 3.13. The molecule has 0 radical (unpaired) electrons. The van der Waals surface area contributed by atoms with Crippen LogP contribution in [0.5, 0.6) is 0 Å². The van der Waals surface area contributed by atoms with Crippen molar-refractivity contribution in [3.63, 3.8) is 0 Å². The van der Waals surface area contributed by atoms with Crippen LogP contribution in [0.3, 0.4) is 0 Å². The third-order valence-electron chi connectivity index (χ3n) is 3.13. The first-order valence-corrected chi connectivity index (χ1v) is 9.94. The van der Waals surface area contributed by atoms with E-state index in [1.54, 1.807) is 0 Å². The fraction of sp³-hybridized carbons (Fsp3) is 0.667. The van der Waals surface area contributed by atoms with E-state index in [2.05, 4.69) is 81.4 Å². The van der Waals surface area contributed by atoms with Crippen molar-refractivity contribution in [1.29, 1.82) is 0 Å². The molecule has 0 fully saturated rings. The van der Waals surface area contributed by atoms with Gasteiger partial charge in [0, 0.05) is 42.1 Å². The van der Waals surface area contributed by atoms with Gasteiger partial charge < -0.3 is 41.5 Å². The average molecular weight is 727 g/mol. The molecular weight excluding hydrogens is 678 g/mol. The maximum absolute atomic E-state index is 3.96. The quantitative estimate of drug-likeness (QED) is 0.201. The van der Waals surface area contributed by atoms with Crippen molar-refractivity contribution in [3.8, 4) is 0 Å². The molecule has 0 bridgehead atoms. The SMILES string of the molecule is [CH2-]CCC.[CH2-]CCC.[CH2-]CCC.[CH2-]CCC.[CH2-][C@@H]1CC=CC[C@@H]1[CH2-].[Pt].[Pt]. The Kier molecular flexibility index (Phi) is 71.9. The van der Waals surface area contributed by atoms with Gasteiger partial charge in [-0.05, 0) is 0 Å². The summed E-state index contributed by atoms with van der Waals surface area (Å²) in [5, 5.41) is 0. The number of unbranched alkanes of at least 4 members (excludes halogenated alkanes) is 4. The molecule has 0 unspecified atom stereocenters. The maximum Gasteiger partial charge on any atom is 0 e. The van der Waals surface area contributed by atoms with E-state index >= 15 is 0 Å². The Labute approximate surface area is 198 Å². The Balaban J connectivity index is -0.0000000495. The van der Waals surface area contributed by atoms with E-state index in [-0.39, 0.29) is 42.1 Å². The summed E-state index contributed by atoms with van der Waals surface area (Å²) in [5.74, 6) is 1.11. The zero-order valence-electron chi connectivity index (χ0n) is 18.3. The fourth-order valence-corrected chi connectivity index (χ4v) is 0.927. The Hall–Kier alpha value is 1.12.